The molecule has 0 radical (unpaired) electrons. The first-order chi connectivity index (χ1) is 21.4. The minimum Gasteiger partial charge on any atom is -0.379 e. The predicted molar refractivity (Wildman–Crippen MR) is 172 cm³/mol. The number of aromatic nitrogens is 4. The van der Waals surface area contributed by atoms with E-state index in [9.17, 15) is 9.59 Å². The summed E-state index contributed by atoms with van der Waals surface area (Å²) >= 11 is 8.38. The number of carbonyl (C=O) groups excluding carboxylic acids is 2. The summed E-state index contributed by atoms with van der Waals surface area (Å²) in [6.07, 6.45) is 10.0. The summed E-state index contributed by atoms with van der Waals surface area (Å²) in [6.45, 7) is 5.16. The molecule has 1 aliphatic heterocycles. The molecule has 0 bridgehead atoms. The number of hydrogen-bond donors (Lipinski definition) is 1. The van der Waals surface area contributed by atoms with E-state index in [1.54, 1.807) is 12.3 Å². The van der Waals surface area contributed by atoms with Crippen molar-refractivity contribution in [1.29, 1.82) is 0 Å². The number of nitrogens with one attached hydrogen (secondary N) is 1. The number of fused-ring (bicyclic) bond motifs is 3. The Balaban J connectivity index is 1.15. The number of rotatable bonds is 7. The second kappa shape index (κ2) is 12.5. The molecule has 2 aliphatic carbocycles. The number of nitrogens with zero attached hydrogens (tertiary/aromatic N) is 5. The van der Waals surface area contributed by atoms with Gasteiger partial charge in [-0.3, -0.25) is 19.5 Å². The Morgan fingerprint density at radius 2 is 1.93 bits per heavy atom. The summed E-state index contributed by atoms with van der Waals surface area (Å²) < 4.78 is 7.39. The smallest absolute Gasteiger partial charge is 0.223 e. The van der Waals surface area contributed by atoms with Gasteiger partial charge in [-0.1, -0.05) is 22.9 Å². The van der Waals surface area contributed by atoms with Gasteiger partial charge >= 0.3 is 0 Å². The van der Waals surface area contributed by atoms with Gasteiger partial charge in [0.2, 0.25) is 5.91 Å². The molecule has 9 nitrogen and oxygen atoms in total. The highest BCUT2D eigenvalue weighted by Gasteiger charge is 2.31. The van der Waals surface area contributed by atoms with Crippen molar-refractivity contribution in [1.82, 2.24) is 24.6 Å². The van der Waals surface area contributed by atoms with Gasteiger partial charge in [0.1, 0.15) is 0 Å². The Labute approximate surface area is 265 Å². The van der Waals surface area contributed by atoms with E-state index >= 15 is 0 Å². The second-order valence-electron chi connectivity index (χ2n) is 11.9. The summed E-state index contributed by atoms with van der Waals surface area (Å²) in [4.78, 5) is 37.7. The van der Waals surface area contributed by atoms with E-state index in [0.717, 1.165) is 97.9 Å². The highest BCUT2D eigenvalue weighted by Crippen LogP contribution is 2.45. The van der Waals surface area contributed by atoms with Gasteiger partial charge in [0.05, 0.1) is 45.9 Å². The number of morpholine rings is 1. The molecule has 228 valence electrons. The number of halogens is 1. The lowest BCUT2D eigenvalue weighted by Crippen LogP contribution is -2.45. The lowest BCUT2D eigenvalue weighted by molar-refractivity contribution is -0.114. The maximum Gasteiger partial charge on any atom is 0.223 e. The number of anilines is 1. The second-order valence-corrected chi connectivity index (χ2v) is 13.3. The van der Waals surface area contributed by atoms with Gasteiger partial charge in [0.15, 0.2) is 10.9 Å². The number of benzene rings is 1. The zero-order chi connectivity index (χ0) is 30.2. The van der Waals surface area contributed by atoms with E-state index in [-0.39, 0.29) is 11.7 Å². The number of amides is 1. The molecule has 3 aromatic heterocycles. The molecule has 11 heteroatoms. The molecule has 3 aliphatic rings. The van der Waals surface area contributed by atoms with E-state index in [0.29, 0.717) is 39.8 Å². The van der Waals surface area contributed by atoms with Crippen LogP contribution in [-0.2, 0) is 22.4 Å². The van der Waals surface area contributed by atoms with Gasteiger partial charge in [-0.25, -0.2) is 9.67 Å². The Hall–Kier alpha value is -3.44. The fourth-order valence-corrected chi connectivity index (χ4v) is 8.25. The third-order valence-electron chi connectivity index (χ3n) is 9.08. The van der Waals surface area contributed by atoms with Crippen LogP contribution in [0.5, 0.6) is 0 Å². The van der Waals surface area contributed by atoms with E-state index in [2.05, 4.69) is 15.2 Å². The lowest BCUT2D eigenvalue weighted by Gasteiger charge is -2.38. The molecule has 1 N–H and O–H groups in total. The van der Waals surface area contributed by atoms with Crippen molar-refractivity contribution in [2.24, 2.45) is 5.92 Å². The van der Waals surface area contributed by atoms with E-state index in [1.807, 2.05) is 35.1 Å². The van der Waals surface area contributed by atoms with Crippen molar-refractivity contribution in [2.75, 3.05) is 31.6 Å². The molecular weight excluding hydrogens is 596 g/mol. The number of carbonyl (C=O) groups is 2. The molecule has 1 saturated heterocycles. The Kier molecular flexibility index (Phi) is 8.33. The number of thiazole rings is 1. The summed E-state index contributed by atoms with van der Waals surface area (Å²) in [7, 11) is 0. The summed E-state index contributed by atoms with van der Waals surface area (Å²) in [5.74, 6) is 0.381. The summed E-state index contributed by atoms with van der Waals surface area (Å²) in [6, 6.07) is 10.1. The van der Waals surface area contributed by atoms with Crippen LogP contribution < -0.4 is 5.32 Å². The third-order valence-corrected chi connectivity index (χ3v) is 10.4. The molecular formula is C33H35ClN6O3S. The van der Waals surface area contributed by atoms with Crippen molar-refractivity contribution >= 4 is 39.8 Å². The maximum atomic E-state index is 13.4. The number of hydrogen-bond acceptors (Lipinski definition) is 8. The minimum atomic E-state index is -0.158. The molecule has 4 heterocycles. The average Bonchev–Trinajstić information content (AvgIpc) is 3.63. The molecule has 0 unspecified atom stereocenters. The predicted octanol–water partition coefficient (Wildman–Crippen LogP) is 6.23. The number of ether oxygens (including phenoxy) is 1. The molecule has 7 rings (SSSR count). The van der Waals surface area contributed by atoms with Gasteiger partial charge in [-0.15, -0.1) is 0 Å². The van der Waals surface area contributed by atoms with Crippen LogP contribution in [0.15, 0.2) is 42.7 Å². The maximum absolute atomic E-state index is 13.4. The zero-order valence-electron chi connectivity index (χ0n) is 24.7. The van der Waals surface area contributed by atoms with Crippen LogP contribution in [0.4, 0.5) is 5.13 Å². The van der Waals surface area contributed by atoms with E-state index < -0.39 is 0 Å². The van der Waals surface area contributed by atoms with Crippen molar-refractivity contribution in [2.45, 2.75) is 57.9 Å². The van der Waals surface area contributed by atoms with Crippen LogP contribution in [0.1, 0.15) is 60.6 Å². The van der Waals surface area contributed by atoms with Gasteiger partial charge in [0, 0.05) is 61.6 Å². The Morgan fingerprint density at radius 1 is 1.11 bits per heavy atom. The van der Waals surface area contributed by atoms with Gasteiger partial charge in [-0.2, -0.15) is 5.10 Å². The lowest BCUT2D eigenvalue weighted by atomic mass is 9.81. The molecule has 0 spiro atoms. The van der Waals surface area contributed by atoms with Crippen molar-refractivity contribution in [3.05, 3.63) is 64.6 Å². The van der Waals surface area contributed by atoms with Crippen molar-refractivity contribution < 1.29 is 14.3 Å². The first kappa shape index (κ1) is 29.3. The highest BCUT2D eigenvalue weighted by atomic mass is 35.5. The average molecular weight is 631 g/mol. The molecule has 2 fully saturated rings. The topological polar surface area (TPSA) is 102 Å². The van der Waals surface area contributed by atoms with Gasteiger partial charge < -0.3 is 10.1 Å². The standard InChI is InChI=1S/C33H35ClN6O3S/c1-20(41)36-33-37-27-10-9-25-30(23-3-2-12-35-19-23)38-40(31(25)32(27)44-33)28-11-6-22(18-26(28)34)29(42)17-21-4-7-24(8-5-21)39-13-15-43-16-14-39/h2-3,6,11-12,18-19,21,24H,4-5,7-10,13-17H2,1H3,(H,36,37,41). The van der Waals surface area contributed by atoms with E-state index in [4.69, 9.17) is 26.4 Å². The quantitative estimate of drug-likeness (QED) is 0.242. The number of pyridine rings is 1. The Bertz CT molecular complexity index is 1690. The molecule has 0 atom stereocenters. The van der Waals surface area contributed by atoms with Crippen LogP contribution in [-0.4, -0.2) is 68.7 Å². The summed E-state index contributed by atoms with van der Waals surface area (Å²) in [5, 5.41) is 8.93. The molecule has 1 aromatic carbocycles. The summed E-state index contributed by atoms with van der Waals surface area (Å²) in [5.41, 5.74) is 6.03. The van der Waals surface area contributed by atoms with Crippen LogP contribution in [0.2, 0.25) is 5.02 Å². The number of aryl methyl sites for hydroxylation is 1. The fraction of sp³-hybridized carbons (Fsp3) is 0.424. The van der Waals surface area contributed by atoms with Gasteiger partial charge in [-0.05, 0) is 74.8 Å². The minimum absolute atomic E-state index is 0.136. The van der Waals surface area contributed by atoms with E-state index in [1.165, 1.54) is 18.3 Å². The highest BCUT2D eigenvalue weighted by molar-refractivity contribution is 7.19. The van der Waals surface area contributed by atoms with Gasteiger partial charge in [0.25, 0.3) is 0 Å². The number of ketones is 1. The molecule has 1 amide bonds. The molecule has 1 saturated carbocycles. The van der Waals surface area contributed by atoms with Crippen LogP contribution in [0.3, 0.4) is 0 Å². The first-order valence-corrected chi connectivity index (χ1v) is 16.6. The SMILES string of the molecule is CC(=O)Nc1nc2c(s1)-c1c(c(-c3cccnc3)nn1-c1ccc(C(=O)CC3CCC(N4CCOCC4)CC3)cc1Cl)CC2. The monoisotopic (exact) mass is 630 g/mol. The van der Waals surface area contributed by atoms with Crippen molar-refractivity contribution in [3.63, 3.8) is 0 Å². The fourth-order valence-electron chi connectivity index (χ4n) is 6.87. The van der Waals surface area contributed by atoms with Crippen LogP contribution in [0.25, 0.3) is 27.5 Å². The largest absolute Gasteiger partial charge is 0.379 e. The van der Waals surface area contributed by atoms with Crippen LogP contribution >= 0.6 is 22.9 Å². The normalized spacial score (nSPS) is 20.1. The molecule has 4 aromatic rings. The zero-order valence-corrected chi connectivity index (χ0v) is 26.3. The third kappa shape index (κ3) is 5.83. The molecule has 44 heavy (non-hydrogen) atoms. The van der Waals surface area contributed by atoms with Crippen LogP contribution in [0, 0.1) is 5.92 Å². The first-order valence-electron chi connectivity index (χ1n) is 15.4. The Morgan fingerprint density at radius 3 is 2.66 bits per heavy atom. The number of Topliss-reactive ketones (excluding diaryl/α,β-unsaturated/α-hetero) is 1. The van der Waals surface area contributed by atoms with Crippen molar-refractivity contribution in [3.8, 4) is 27.5 Å².